The zero-order chi connectivity index (χ0) is 19.5. The normalized spacial score (nSPS) is 18.7. The lowest BCUT2D eigenvalue weighted by Crippen LogP contribution is -2.46. The van der Waals surface area contributed by atoms with E-state index in [1.165, 1.54) is 0 Å². The molecule has 1 amide bonds. The van der Waals surface area contributed by atoms with E-state index in [-0.39, 0.29) is 12.2 Å². The number of ether oxygens (including phenoxy) is 3. The summed E-state index contributed by atoms with van der Waals surface area (Å²) in [4.78, 5) is 23.9. The molecule has 0 spiro atoms. The summed E-state index contributed by atoms with van der Waals surface area (Å²) in [5.74, 6) is -0.00553. The van der Waals surface area contributed by atoms with Gasteiger partial charge in [-0.3, -0.25) is 4.79 Å². The predicted molar refractivity (Wildman–Crippen MR) is 96.3 cm³/mol. The van der Waals surface area contributed by atoms with Crippen LogP contribution < -0.4 is 14.8 Å². The fraction of sp³-hybridized carbons (Fsp3) is 0.550. The molecular formula is C20H24N2O5. The van der Waals surface area contributed by atoms with Crippen molar-refractivity contribution in [2.75, 3.05) is 13.2 Å². The average molecular weight is 372 g/mol. The molecule has 7 nitrogen and oxygen atoms in total. The van der Waals surface area contributed by atoms with E-state index in [9.17, 15) is 14.9 Å². The molecule has 1 aliphatic carbocycles. The highest BCUT2D eigenvalue weighted by Gasteiger charge is 2.35. The van der Waals surface area contributed by atoms with Gasteiger partial charge in [0, 0.05) is 12.0 Å². The Kier molecular flexibility index (Phi) is 5.26. The summed E-state index contributed by atoms with van der Waals surface area (Å²) < 4.78 is 16.4. The van der Waals surface area contributed by atoms with Gasteiger partial charge >= 0.3 is 5.97 Å². The summed E-state index contributed by atoms with van der Waals surface area (Å²) in [6.07, 6.45) is 3.83. The molecule has 0 aromatic heterocycles. The third-order valence-electron chi connectivity index (χ3n) is 4.81. The second-order valence-electron chi connectivity index (χ2n) is 7.68. The van der Waals surface area contributed by atoms with Crippen molar-refractivity contribution < 1.29 is 23.8 Å². The minimum absolute atomic E-state index is 0.308. The van der Waals surface area contributed by atoms with Crippen molar-refractivity contribution in [3.63, 3.8) is 0 Å². The molecule has 1 aromatic rings. The van der Waals surface area contributed by atoms with Crippen LogP contribution in [0.2, 0.25) is 0 Å². The summed E-state index contributed by atoms with van der Waals surface area (Å²) in [5, 5.41) is 11.9. The molecule has 7 heteroatoms. The monoisotopic (exact) mass is 372 g/mol. The number of nitriles is 1. The lowest BCUT2D eigenvalue weighted by molar-refractivity contribution is -0.150. The van der Waals surface area contributed by atoms with Gasteiger partial charge in [-0.15, -0.1) is 0 Å². The summed E-state index contributed by atoms with van der Waals surface area (Å²) >= 11 is 0. The van der Waals surface area contributed by atoms with E-state index >= 15 is 0 Å². The summed E-state index contributed by atoms with van der Waals surface area (Å²) in [5.41, 5.74) is -0.102. The number of nitrogens with one attached hydrogen (secondary N) is 1. The minimum Gasteiger partial charge on any atom is -0.483 e. The van der Waals surface area contributed by atoms with Gasteiger partial charge in [-0.2, -0.15) is 5.26 Å². The van der Waals surface area contributed by atoms with Gasteiger partial charge in [0.15, 0.2) is 24.7 Å². The Bertz CT molecular complexity index is 775. The molecule has 2 aliphatic rings. The first kappa shape index (κ1) is 19.0. The maximum Gasteiger partial charge on any atom is 0.344 e. The first-order chi connectivity index (χ1) is 12.8. The Hall–Kier alpha value is -2.75. The second kappa shape index (κ2) is 7.47. The van der Waals surface area contributed by atoms with Crippen molar-refractivity contribution in [2.24, 2.45) is 0 Å². The van der Waals surface area contributed by atoms with Crippen LogP contribution in [0, 0.1) is 11.3 Å². The topological polar surface area (TPSA) is 97.6 Å². The van der Waals surface area contributed by atoms with Gasteiger partial charge in [0.1, 0.15) is 11.1 Å². The quantitative estimate of drug-likeness (QED) is 0.770. The Balaban J connectivity index is 1.47. The molecule has 1 heterocycles. The van der Waals surface area contributed by atoms with Crippen LogP contribution in [0.25, 0.3) is 0 Å². The lowest BCUT2D eigenvalue weighted by atomic mass is 10.00. The standard InChI is InChI=1S/C20H24N2O5/c1-19(2)10-14-6-5-7-15(18(14)27-19)25-12-17(24)26-11-16(23)22-20(13-21)8-3-4-9-20/h5-7H,3-4,8-12H2,1-2H3,(H,22,23). The Labute approximate surface area is 158 Å². The SMILES string of the molecule is CC1(C)Cc2cccc(OCC(=O)OCC(=O)NC3(C#N)CCCC3)c2O1. The van der Waals surface area contributed by atoms with Crippen molar-refractivity contribution in [1.82, 2.24) is 5.32 Å². The van der Waals surface area contributed by atoms with Crippen molar-refractivity contribution in [3.8, 4) is 17.6 Å². The second-order valence-corrected chi connectivity index (χ2v) is 7.68. The molecule has 0 unspecified atom stereocenters. The lowest BCUT2D eigenvalue weighted by Gasteiger charge is -2.21. The van der Waals surface area contributed by atoms with Gasteiger partial charge in [-0.1, -0.05) is 12.1 Å². The molecule has 1 saturated carbocycles. The molecule has 27 heavy (non-hydrogen) atoms. The number of carbonyl (C=O) groups excluding carboxylic acids is 2. The van der Waals surface area contributed by atoms with Crippen LogP contribution in [0.15, 0.2) is 18.2 Å². The molecule has 0 radical (unpaired) electrons. The number of hydrogen-bond acceptors (Lipinski definition) is 6. The van der Waals surface area contributed by atoms with Crippen LogP contribution in [0.4, 0.5) is 0 Å². The Morgan fingerprint density at radius 2 is 2.00 bits per heavy atom. The number of nitrogens with zero attached hydrogens (tertiary/aromatic N) is 1. The molecule has 144 valence electrons. The zero-order valence-corrected chi connectivity index (χ0v) is 15.7. The van der Waals surface area contributed by atoms with Gasteiger partial charge in [0.05, 0.1) is 6.07 Å². The fourth-order valence-electron chi connectivity index (χ4n) is 3.57. The molecule has 1 fully saturated rings. The highest BCUT2D eigenvalue weighted by molar-refractivity contribution is 5.82. The molecule has 0 bridgehead atoms. The van der Waals surface area contributed by atoms with Gasteiger partial charge in [-0.25, -0.2) is 4.79 Å². The minimum atomic E-state index is -0.825. The van der Waals surface area contributed by atoms with Crippen LogP contribution in [0.1, 0.15) is 45.1 Å². The molecular weight excluding hydrogens is 348 g/mol. The number of rotatable bonds is 6. The van der Waals surface area contributed by atoms with Crippen molar-refractivity contribution in [1.29, 1.82) is 5.26 Å². The van der Waals surface area contributed by atoms with E-state index < -0.39 is 24.0 Å². The first-order valence-corrected chi connectivity index (χ1v) is 9.14. The molecule has 3 rings (SSSR count). The number of carbonyl (C=O) groups is 2. The first-order valence-electron chi connectivity index (χ1n) is 9.14. The average Bonchev–Trinajstić information content (AvgIpc) is 3.21. The van der Waals surface area contributed by atoms with Crippen LogP contribution in [-0.4, -0.2) is 36.2 Å². The predicted octanol–water partition coefficient (Wildman–Crippen LogP) is 2.27. The summed E-state index contributed by atoms with van der Waals surface area (Å²) in [6, 6.07) is 7.71. The smallest absolute Gasteiger partial charge is 0.344 e. The number of fused-ring (bicyclic) bond motifs is 1. The highest BCUT2D eigenvalue weighted by atomic mass is 16.6. The molecule has 1 aromatic carbocycles. The maximum absolute atomic E-state index is 12.0. The van der Waals surface area contributed by atoms with Crippen LogP contribution in [0.5, 0.6) is 11.5 Å². The van der Waals surface area contributed by atoms with Crippen LogP contribution >= 0.6 is 0 Å². The summed E-state index contributed by atoms with van der Waals surface area (Å²) in [7, 11) is 0. The van der Waals surface area contributed by atoms with Crippen molar-refractivity contribution >= 4 is 11.9 Å². The molecule has 0 atom stereocenters. The number of amides is 1. The van der Waals surface area contributed by atoms with E-state index in [1.807, 2.05) is 26.0 Å². The highest BCUT2D eigenvalue weighted by Crippen LogP contribution is 2.41. The molecule has 0 saturated heterocycles. The van der Waals surface area contributed by atoms with Gasteiger partial charge in [0.2, 0.25) is 0 Å². The largest absolute Gasteiger partial charge is 0.483 e. The molecule has 1 N–H and O–H groups in total. The van der Waals surface area contributed by atoms with Crippen LogP contribution in [-0.2, 0) is 20.7 Å². The zero-order valence-electron chi connectivity index (χ0n) is 15.7. The number of para-hydroxylation sites is 1. The van der Waals surface area contributed by atoms with Gasteiger partial charge in [0.25, 0.3) is 5.91 Å². The van der Waals surface area contributed by atoms with E-state index in [0.717, 1.165) is 24.8 Å². The summed E-state index contributed by atoms with van der Waals surface area (Å²) in [6.45, 7) is 3.23. The fourth-order valence-corrected chi connectivity index (χ4v) is 3.57. The van der Waals surface area contributed by atoms with E-state index in [0.29, 0.717) is 24.3 Å². The van der Waals surface area contributed by atoms with Gasteiger partial charge < -0.3 is 19.5 Å². The molecule has 1 aliphatic heterocycles. The van der Waals surface area contributed by atoms with Crippen LogP contribution in [0.3, 0.4) is 0 Å². The van der Waals surface area contributed by atoms with E-state index in [4.69, 9.17) is 14.2 Å². The maximum atomic E-state index is 12.0. The third kappa shape index (κ3) is 4.51. The number of benzene rings is 1. The van der Waals surface area contributed by atoms with Gasteiger partial charge in [-0.05, 0) is 45.6 Å². The van der Waals surface area contributed by atoms with Crippen molar-refractivity contribution in [3.05, 3.63) is 23.8 Å². The Morgan fingerprint density at radius 1 is 1.26 bits per heavy atom. The van der Waals surface area contributed by atoms with E-state index in [1.54, 1.807) is 6.07 Å². The Morgan fingerprint density at radius 3 is 2.70 bits per heavy atom. The van der Waals surface area contributed by atoms with Crippen molar-refractivity contribution in [2.45, 2.75) is 57.1 Å². The number of esters is 1. The third-order valence-corrected chi connectivity index (χ3v) is 4.81. The number of hydrogen-bond donors (Lipinski definition) is 1. The van der Waals surface area contributed by atoms with E-state index in [2.05, 4.69) is 11.4 Å².